The summed E-state index contributed by atoms with van der Waals surface area (Å²) in [6.45, 7) is 5.62. The minimum atomic E-state index is -1.22. The molecule has 0 bridgehead atoms. The van der Waals surface area contributed by atoms with Gasteiger partial charge >= 0.3 is 9.28 Å². The van der Waals surface area contributed by atoms with Gasteiger partial charge in [-0.25, -0.2) is 0 Å². The summed E-state index contributed by atoms with van der Waals surface area (Å²) in [6.07, 6.45) is 1.69. The zero-order valence-electron chi connectivity index (χ0n) is 8.58. The van der Waals surface area contributed by atoms with Gasteiger partial charge in [0.05, 0.1) is 6.17 Å². The molecule has 0 fully saturated rings. The van der Waals surface area contributed by atoms with Crippen LogP contribution in [0.15, 0.2) is 0 Å². The molecule has 0 aromatic rings. The lowest BCUT2D eigenvalue weighted by Crippen LogP contribution is -2.38. The molecule has 0 heterocycles. The lowest BCUT2D eigenvalue weighted by atomic mass is 10.5. The van der Waals surface area contributed by atoms with Gasteiger partial charge in [0, 0.05) is 19.3 Å². The normalized spacial score (nSPS) is 11.5. The van der Waals surface area contributed by atoms with Crippen LogP contribution >= 0.6 is 0 Å². The third-order valence-corrected chi connectivity index (χ3v) is 3.19. The van der Waals surface area contributed by atoms with Crippen molar-refractivity contribution >= 4 is 9.28 Å². The quantitative estimate of drug-likeness (QED) is 0.449. The Balaban J connectivity index is 3.60. The molecule has 0 aliphatic rings. The van der Waals surface area contributed by atoms with Crippen LogP contribution in [0.5, 0.6) is 0 Å². The Bertz CT molecular complexity index is 106. The van der Waals surface area contributed by atoms with E-state index < -0.39 is 9.28 Å². The highest BCUT2D eigenvalue weighted by Crippen LogP contribution is 2.00. The maximum absolute atomic E-state index is 5.52. The molecule has 0 saturated carbocycles. The second-order valence-electron chi connectivity index (χ2n) is 2.94. The molecule has 1 radical (unpaired) electrons. The van der Waals surface area contributed by atoms with Crippen molar-refractivity contribution < 1.29 is 8.85 Å². The summed E-state index contributed by atoms with van der Waals surface area (Å²) in [5.41, 5.74) is 11.0. The summed E-state index contributed by atoms with van der Waals surface area (Å²) < 4.78 is 11.0. The van der Waals surface area contributed by atoms with Crippen molar-refractivity contribution in [2.45, 2.75) is 38.9 Å². The van der Waals surface area contributed by atoms with E-state index in [0.29, 0.717) is 6.04 Å². The summed E-state index contributed by atoms with van der Waals surface area (Å²) in [7, 11) is -1.22. The van der Waals surface area contributed by atoms with Gasteiger partial charge in [-0.05, 0) is 12.8 Å². The van der Waals surface area contributed by atoms with Gasteiger partial charge in [0.1, 0.15) is 0 Å². The van der Waals surface area contributed by atoms with E-state index in [9.17, 15) is 0 Å². The molecule has 0 aliphatic carbocycles. The molecule has 79 valence electrons. The van der Waals surface area contributed by atoms with Crippen LogP contribution in [0.4, 0.5) is 0 Å². The van der Waals surface area contributed by atoms with Crippen molar-refractivity contribution in [3.8, 4) is 0 Å². The van der Waals surface area contributed by atoms with Crippen molar-refractivity contribution in [3.63, 3.8) is 0 Å². The Kier molecular flexibility index (Phi) is 8.68. The summed E-state index contributed by atoms with van der Waals surface area (Å²) >= 11 is 0. The van der Waals surface area contributed by atoms with E-state index in [2.05, 4.69) is 13.8 Å². The molecule has 4 nitrogen and oxygen atoms in total. The van der Waals surface area contributed by atoms with Crippen molar-refractivity contribution in [2.24, 2.45) is 11.5 Å². The standard InChI is InChI=1S/C8H21N2O2Si/c1-3-5-11-13(7-8(9)10)12-6-4-2/h8H,3-7,9-10H2,1-2H3. The smallest absolute Gasteiger partial charge is 0.387 e. The summed E-state index contributed by atoms with van der Waals surface area (Å²) in [5.74, 6) is 0. The SMILES string of the molecule is CCCO[Si](CC(N)N)OCCC. The molecule has 0 aromatic carbocycles. The number of rotatable bonds is 8. The van der Waals surface area contributed by atoms with Gasteiger partial charge in [-0.15, -0.1) is 0 Å². The average Bonchev–Trinajstić information content (AvgIpc) is 2.09. The molecule has 0 amide bonds. The van der Waals surface area contributed by atoms with Crippen molar-refractivity contribution in [1.29, 1.82) is 0 Å². The van der Waals surface area contributed by atoms with Gasteiger partial charge in [-0.3, -0.25) is 0 Å². The predicted molar refractivity (Wildman–Crippen MR) is 55.2 cm³/mol. The monoisotopic (exact) mass is 205 g/mol. The highest BCUT2D eigenvalue weighted by molar-refractivity contribution is 6.44. The van der Waals surface area contributed by atoms with E-state index >= 15 is 0 Å². The zero-order chi connectivity index (χ0) is 10.1. The third-order valence-electron chi connectivity index (χ3n) is 1.34. The highest BCUT2D eigenvalue weighted by atomic mass is 28.3. The summed E-state index contributed by atoms with van der Waals surface area (Å²) in [5, 5.41) is 0. The summed E-state index contributed by atoms with van der Waals surface area (Å²) in [6, 6.07) is 0.657. The van der Waals surface area contributed by atoms with Crippen molar-refractivity contribution in [1.82, 2.24) is 0 Å². The van der Waals surface area contributed by atoms with Gasteiger partial charge in [-0.2, -0.15) is 0 Å². The molecule has 0 rings (SSSR count). The Labute approximate surface area is 82.4 Å². The lowest BCUT2D eigenvalue weighted by Gasteiger charge is -2.16. The Morgan fingerprint density at radius 2 is 1.54 bits per heavy atom. The Hall–Kier alpha value is 0.0569. The molecule has 0 spiro atoms. The molecule has 4 N–H and O–H groups in total. The molecule has 0 aromatic heterocycles. The molecule has 13 heavy (non-hydrogen) atoms. The van der Waals surface area contributed by atoms with Gasteiger partial charge in [0.25, 0.3) is 0 Å². The van der Waals surface area contributed by atoms with E-state index in [4.69, 9.17) is 20.3 Å². The topological polar surface area (TPSA) is 70.5 Å². The molecule has 0 unspecified atom stereocenters. The van der Waals surface area contributed by atoms with E-state index in [1.807, 2.05) is 0 Å². The van der Waals surface area contributed by atoms with E-state index in [-0.39, 0.29) is 6.17 Å². The van der Waals surface area contributed by atoms with Crippen LogP contribution in [0.2, 0.25) is 6.04 Å². The minimum absolute atomic E-state index is 0.317. The average molecular weight is 205 g/mol. The van der Waals surface area contributed by atoms with E-state index in [1.165, 1.54) is 0 Å². The van der Waals surface area contributed by atoms with Gasteiger partial charge in [-0.1, -0.05) is 13.8 Å². The largest absolute Gasteiger partial charge is 0.393 e. The fraction of sp³-hybridized carbons (Fsp3) is 1.00. The van der Waals surface area contributed by atoms with E-state index in [0.717, 1.165) is 26.1 Å². The predicted octanol–water partition coefficient (Wildman–Crippen LogP) is 0.571. The second-order valence-corrected chi connectivity index (χ2v) is 4.67. The molecular weight excluding hydrogens is 184 g/mol. The highest BCUT2D eigenvalue weighted by Gasteiger charge is 2.17. The maximum Gasteiger partial charge on any atom is 0.387 e. The first-order chi connectivity index (χ1) is 6.20. The molecule has 0 aliphatic heterocycles. The second kappa shape index (κ2) is 8.65. The molecule has 0 atom stereocenters. The van der Waals surface area contributed by atoms with Crippen LogP contribution in [0.3, 0.4) is 0 Å². The van der Waals surface area contributed by atoms with Crippen LogP contribution in [-0.2, 0) is 8.85 Å². The van der Waals surface area contributed by atoms with E-state index in [1.54, 1.807) is 0 Å². The van der Waals surface area contributed by atoms with Crippen LogP contribution in [0.25, 0.3) is 0 Å². The molecular formula is C8H21N2O2Si. The van der Waals surface area contributed by atoms with Crippen LogP contribution in [0.1, 0.15) is 26.7 Å². The minimum Gasteiger partial charge on any atom is -0.393 e. The van der Waals surface area contributed by atoms with Crippen LogP contribution < -0.4 is 11.5 Å². The van der Waals surface area contributed by atoms with Gasteiger partial charge in [0.2, 0.25) is 0 Å². The maximum atomic E-state index is 5.52. The number of nitrogens with two attached hydrogens (primary N) is 2. The first-order valence-electron chi connectivity index (χ1n) is 4.83. The Morgan fingerprint density at radius 1 is 1.08 bits per heavy atom. The van der Waals surface area contributed by atoms with Crippen LogP contribution in [0, 0.1) is 0 Å². The van der Waals surface area contributed by atoms with Gasteiger partial charge in [0.15, 0.2) is 0 Å². The van der Waals surface area contributed by atoms with Gasteiger partial charge < -0.3 is 20.3 Å². The molecule has 0 saturated heterocycles. The fourth-order valence-electron chi connectivity index (χ4n) is 0.784. The Morgan fingerprint density at radius 3 is 1.85 bits per heavy atom. The first-order valence-corrected chi connectivity index (χ1v) is 6.35. The molecule has 5 heteroatoms. The van der Waals surface area contributed by atoms with Crippen molar-refractivity contribution in [2.75, 3.05) is 13.2 Å². The summed E-state index contributed by atoms with van der Waals surface area (Å²) in [4.78, 5) is 0. The fourth-order valence-corrected chi connectivity index (χ4v) is 2.35. The van der Waals surface area contributed by atoms with Crippen LogP contribution in [-0.4, -0.2) is 28.7 Å². The zero-order valence-corrected chi connectivity index (χ0v) is 9.58. The first kappa shape index (κ1) is 13.1. The number of hydrogen-bond acceptors (Lipinski definition) is 4. The van der Waals surface area contributed by atoms with Crippen molar-refractivity contribution in [3.05, 3.63) is 0 Å². The third kappa shape index (κ3) is 8.39. The number of hydrogen-bond donors (Lipinski definition) is 2. The lowest BCUT2D eigenvalue weighted by molar-refractivity contribution is 0.194.